The molecule has 4 atom stereocenters. The third kappa shape index (κ3) is 11.3. The monoisotopic (exact) mass is 1120 g/mol. The third-order valence-electron chi connectivity index (χ3n) is 15.6. The van der Waals surface area contributed by atoms with Crippen LogP contribution in [0.4, 0.5) is 9.18 Å². The van der Waals surface area contributed by atoms with E-state index in [1.807, 2.05) is 48.5 Å². The summed E-state index contributed by atoms with van der Waals surface area (Å²) in [5.74, 6) is -5.15. The Morgan fingerprint density at radius 1 is 0.817 bits per heavy atom. The maximum absolute atomic E-state index is 15.6. The fourth-order valence-electron chi connectivity index (χ4n) is 11.4. The Labute approximate surface area is 470 Å². The molecule has 426 valence electrons. The molecule has 0 unspecified atom stereocenters. The predicted molar refractivity (Wildman–Crippen MR) is 297 cm³/mol. The number of nitrogens with one attached hydrogen (secondary N) is 6. The van der Waals surface area contributed by atoms with E-state index in [-0.39, 0.29) is 61.8 Å². The molecule has 10 rings (SSSR count). The number of fused-ring (bicyclic) bond motifs is 8. The number of carbonyl (C=O) groups is 7. The number of carbonyl (C=O) groups excluding carboxylic acids is 7. The second kappa shape index (κ2) is 23.0. The average molecular weight is 1120 g/mol. The van der Waals surface area contributed by atoms with Gasteiger partial charge in [-0.15, -0.1) is 0 Å². The lowest BCUT2D eigenvalue weighted by Crippen LogP contribution is -2.55. The van der Waals surface area contributed by atoms with Crippen molar-refractivity contribution in [2.24, 2.45) is 0 Å². The van der Waals surface area contributed by atoms with Gasteiger partial charge in [0.25, 0.3) is 5.56 Å². The molecule has 6 aromatic rings. The van der Waals surface area contributed by atoms with E-state index in [4.69, 9.17) is 19.2 Å². The number of nitrogens with zero attached hydrogens (tertiary/aromatic N) is 2. The van der Waals surface area contributed by atoms with Crippen LogP contribution in [0.15, 0.2) is 95.8 Å². The Hall–Kier alpha value is -8.82. The van der Waals surface area contributed by atoms with Crippen molar-refractivity contribution in [1.82, 2.24) is 41.5 Å². The number of hydrogen-bond donors (Lipinski definition) is 7. The van der Waals surface area contributed by atoms with Crippen LogP contribution in [0.25, 0.3) is 33.4 Å². The highest BCUT2D eigenvalue weighted by Gasteiger charge is 2.46. The number of cyclic esters (lactones) is 1. The summed E-state index contributed by atoms with van der Waals surface area (Å²) in [4.78, 5) is 113. The van der Waals surface area contributed by atoms with Gasteiger partial charge >= 0.3 is 12.1 Å². The molecule has 21 heteroatoms. The molecule has 0 bridgehead atoms. The van der Waals surface area contributed by atoms with E-state index < -0.39 is 102 Å². The zero-order valence-corrected chi connectivity index (χ0v) is 46.0. The lowest BCUT2D eigenvalue weighted by Gasteiger charge is -2.32. The number of ether oxygens (including phenoxy) is 3. The summed E-state index contributed by atoms with van der Waals surface area (Å²) in [7, 11) is 0. The zero-order chi connectivity index (χ0) is 58.2. The number of amides is 6. The minimum absolute atomic E-state index is 0.00150. The van der Waals surface area contributed by atoms with Gasteiger partial charge in [-0.05, 0) is 97.5 Å². The molecule has 0 radical (unpaired) electrons. The smallest absolute Gasteiger partial charge is 0.407 e. The number of alkyl carbamates (subject to hydrolysis) is 1. The van der Waals surface area contributed by atoms with Gasteiger partial charge in [-0.3, -0.25) is 28.8 Å². The highest BCUT2D eigenvalue weighted by atomic mass is 19.1. The number of hydrogen-bond acceptors (Lipinski definition) is 13. The first-order valence-corrected chi connectivity index (χ1v) is 27.2. The molecule has 0 saturated carbocycles. The third-order valence-corrected chi connectivity index (χ3v) is 15.6. The van der Waals surface area contributed by atoms with Gasteiger partial charge in [0, 0.05) is 34.9 Å². The molecule has 20 nitrogen and oxygen atoms in total. The highest BCUT2D eigenvalue weighted by molar-refractivity contribution is 5.96. The Morgan fingerprint density at radius 3 is 2.15 bits per heavy atom. The number of aryl methyl sites for hydroxylation is 1. The van der Waals surface area contributed by atoms with Gasteiger partial charge in [0.15, 0.2) is 5.60 Å². The lowest BCUT2D eigenvalue weighted by atomic mass is 9.81. The number of benzene rings is 4. The Bertz CT molecular complexity index is 3610. The molecule has 0 spiro atoms. The van der Waals surface area contributed by atoms with Crippen LogP contribution in [0, 0.1) is 12.7 Å². The summed E-state index contributed by atoms with van der Waals surface area (Å²) in [5.41, 5.74) is 4.92. The number of rotatable bonds is 18. The van der Waals surface area contributed by atoms with Crippen LogP contribution in [0.3, 0.4) is 0 Å². The van der Waals surface area contributed by atoms with Crippen molar-refractivity contribution in [3.8, 4) is 22.5 Å². The van der Waals surface area contributed by atoms with Crippen molar-refractivity contribution in [3.05, 3.63) is 157 Å². The molecule has 2 aliphatic carbocycles. The van der Waals surface area contributed by atoms with Crippen LogP contribution in [0.2, 0.25) is 0 Å². The molecule has 82 heavy (non-hydrogen) atoms. The van der Waals surface area contributed by atoms with Gasteiger partial charge in [-0.25, -0.2) is 19.0 Å². The van der Waals surface area contributed by atoms with Crippen molar-refractivity contribution >= 4 is 52.5 Å². The van der Waals surface area contributed by atoms with E-state index in [1.165, 1.54) is 10.6 Å². The topological polar surface area (TPSA) is 274 Å². The van der Waals surface area contributed by atoms with Crippen molar-refractivity contribution in [1.29, 1.82) is 0 Å². The summed E-state index contributed by atoms with van der Waals surface area (Å²) in [6, 6.07) is 24.1. The van der Waals surface area contributed by atoms with Crippen LogP contribution in [0.5, 0.6) is 0 Å². The normalized spacial score (nSPS) is 17.2. The number of halogens is 1. The van der Waals surface area contributed by atoms with Crippen molar-refractivity contribution in [2.45, 2.75) is 109 Å². The molecule has 4 aromatic carbocycles. The lowest BCUT2D eigenvalue weighted by molar-refractivity contribution is -0.172. The van der Waals surface area contributed by atoms with E-state index in [0.717, 1.165) is 22.3 Å². The van der Waals surface area contributed by atoms with Crippen LogP contribution in [-0.2, 0) is 74.6 Å². The molecule has 0 fully saturated rings. The van der Waals surface area contributed by atoms with Gasteiger partial charge in [0.05, 0.1) is 60.4 Å². The number of aromatic nitrogens is 2. The fraction of sp³-hybridized carbons (Fsp3) is 0.361. The summed E-state index contributed by atoms with van der Waals surface area (Å²) >= 11 is 0. The van der Waals surface area contributed by atoms with Crippen molar-refractivity contribution < 1.29 is 57.3 Å². The van der Waals surface area contributed by atoms with Crippen LogP contribution in [0.1, 0.15) is 103 Å². The molecular weight excluding hydrogens is 1060 g/mol. The molecular formula is C61H63FN8O12. The Kier molecular flexibility index (Phi) is 15.8. The zero-order valence-electron chi connectivity index (χ0n) is 46.0. The fourth-order valence-corrected chi connectivity index (χ4v) is 11.4. The van der Waals surface area contributed by atoms with Crippen LogP contribution < -0.4 is 37.5 Å². The van der Waals surface area contributed by atoms with E-state index in [1.54, 1.807) is 71.0 Å². The number of esters is 1. The second-order valence-corrected chi connectivity index (χ2v) is 21.9. The molecule has 2 aliphatic heterocycles. The van der Waals surface area contributed by atoms with Crippen LogP contribution in [-0.4, -0.2) is 107 Å². The SMILES string of the molecule is CC[C@@]1(O)C(=O)OCc2c1cc1n(c2=O)Cc2c-1nc1cc(F)c(C)c3c1c2[C@@H](NC(=O)[C@H](COC(C)(C)C)NC(=O)CNC(=O)[C@H](Cc1ccccc1)NC(=O)CNC(=O)CNC(=O)OCC1c2ccccc2-c2ccccc21)CC3. The first kappa shape index (κ1) is 56.5. The maximum Gasteiger partial charge on any atom is 0.407 e. The summed E-state index contributed by atoms with van der Waals surface area (Å²) in [5, 5.41) is 27.9. The second-order valence-electron chi connectivity index (χ2n) is 21.9. The molecule has 2 aromatic heterocycles. The van der Waals surface area contributed by atoms with E-state index in [9.17, 15) is 43.5 Å². The summed E-state index contributed by atoms with van der Waals surface area (Å²) in [6.45, 7) is 6.33. The highest BCUT2D eigenvalue weighted by Crippen LogP contribution is 2.47. The van der Waals surface area contributed by atoms with Gasteiger partial charge in [-0.2, -0.15) is 0 Å². The molecule has 0 saturated heterocycles. The minimum Gasteiger partial charge on any atom is -0.458 e. The van der Waals surface area contributed by atoms with E-state index >= 15 is 4.39 Å². The summed E-state index contributed by atoms with van der Waals surface area (Å²) < 4.78 is 33.9. The van der Waals surface area contributed by atoms with Crippen molar-refractivity contribution in [2.75, 3.05) is 32.8 Å². The van der Waals surface area contributed by atoms with E-state index in [0.29, 0.717) is 57.4 Å². The largest absolute Gasteiger partial charge is 0.458 e. The predicted octanol–water partition coefficient (Wildman–Crippen LogP) is 4.43. The average Bonchev–Trinajstić information content (AvgIpc) is 4.19. The van der Waals surface area contributed by atoms with Crippen molar-refractivity contribution in [3.63, 3.8) is 0 Å². The number of pyridine rings is 2. The molecule has 6 amide bonds. The number of aliphatic hydroxyl groups is 1. The minimum atomic E-state index is -2.08. The Morgan fingerprint density at radius 2 is 1.46 bits per heavy atom. The molecule has 7 N–H and O–H groups in total. The molecule has 4 heterocycles. The molecule has 4 aliphatic rings. The first-order chi connectivity index (χ1) is 39.2. The standard InChI is InChI=1S/C61H63FN8O12/c1-6-61(79)42-23-48-54-39(28-70(48)57(76)41(42)30-80-58(61)77)53-44(21-20-34-32(2)43(62)24-45(68-54)52(34)53)69-56(75)47(31-82-60(3,4)5)67-51(73)27-64-55(74)46(22-33-14-8-7-9-15-33)66-50(72)26-63-49(71)25-65-59(78)81-29-40-37-18-12-10-16-35(37)36-17-11-13-19-38(36)40/h7-19,23-24,40,44,46-47,79H,6,20-22,25-31H2,1-5H3,(H,63,71)(H,64,74)(H,65,78)(H,66,72)(H,67,73)(H,69,75)/t44-,46-,47-,61-/m0/s1. The first-order valence-electron chi connectivity index (χ1n) is 27.2. The van der Waals surface area contributed by atoms with Crippen LogP contribution >= 0.6 is 0 Å². The van der Waals surface area contributed by atoms with Gasteiger partial charge in [0.2, 0.25) is 29.5 Å². The quantitative estimate of drug-likeness (QED) is 0.0587. The summed E-state index contributed by atoms with van der Waals surface area (Å²) in [6.07, 6.45) is -0.249. The van der Waals surface area contributed by atoms with Gasteiger partial charge < -0.3 is 55.8 Å². The Balaban J connectivity index is 0.789. The van der Waals surface area contributed by atoms with E-state index in [2.05, 4.69) is 31.9 Å². The maximum atomic E-state index is 15.6. The van der Waals surface area contributed by atoms with Gasteiger partial charge in [-0.1, -0.05) is 85.8 Å². The van der Waals surface area contributed by atoms with Gasteiger partial charge in [0.1, 0.15) is 37.7 Å².